The molecule has 2 saturated heterocycles. The number of benzene rings is 1. The van der Waals surface area contributed by atoms with Crippen molar-refractivity contribution >= 4 is 21.8 Å². The van der Waals surface area contributed by atoms with E-state index in [2.05, 4.69) is 15.9 Å². The molecule has 1 aromatic rings. The number of nitrogens with zero attached hydrogens (tertiary/aromatic N) is 1. The molecule has 0 N–H and O–H groups in total. The van der Waals surface area contributed by atoms with Gasteiger partial charge in [0.25, 0.3) is 0 Å². The van der Waals surface area contributed by atoms with Gasteiger partial charge in [0.2, 0.25) is 5.91 Å². The van der Waals surface area contributed by atoms with E-state index in [0.29, 0.717) is 6.61 Å². The van der Waals surface area contributed by atoms with E-state index in [1.54, 1.807) is 0 Å². The summed E-state index contributed by atoms with van der Waals surface area (Å²) in [5.41, 5.74) is 1.06. The summed E-state index contributed by atoms with van der Waals surface area (Å²) >= 11 is 3.41. The van der Waals surface area contributed by atoms with Crippen molar-refractivity contribution in [1.29, 1.82) is 0 Å². The van der Waals surface area contributed by atoms with Gasteiger partial charge in [-0.15, -0.1) is 0 Å². The van der Waals surface area contributed by atoms with E-state index >= 15 is 0 Å². The zero-order chi connectivity index (χ0) is 11.1. The van der Waals surface area contributed by atoms with Gasteiger partial charge in [-0.25, -0.2) is 0 Å². The SMILES string of the molecule is O=C1[C@H](Br)C[C@H]2CO[C@H](c3ccccc3)N12. The smallest absolute Gasteiger partial charge is 0.239 e. The van der Waals surface area contributed by atoms with E-state index in [-0.39, 0.29) is 23.0 Å². The van der Waals surface area contributed by atoms with Gasteiger partial charge in [-0.3, -0.25) is 4.79 Å². The van der Waals surface area contributed by atoms with Crippen molar-refractivity contribution in [2.75, 3.05) is 6.61 Å². The Morgan fingerprint density at radius 3 is 2.81 bits per heavy atom. The summed E-state index contributed by atoms with van der Waals surface area (Å²) in [5.74, 6) is 0.149. The second-order valence-corrected chi connectivity index (χ2v) is 5.30. The molecule has 0 spiro atoms. The Hall–Kier alpha value is -0.870. The highest BCUT2D eigenvalue weighted by Gasteiger charge is 2.47. The minimum absolute atomic E-state index is 0.0346. The molecular weight excluding hydrogens is 270 g/mol. The Kier molecular flexibility index (Phi) is 2.48. The number of hydrogen-bond acceptors (Lipinski definition) is 2. The van der Waals surface area contributed by atoms with Crippen molar-refractivity contribution in [2.45, 2.75) is 23.5 Å². The lowest BCUT2D eigenvalue weighted by atomic mass is 10.2. The van der Waals surface area contributed by atoms with Crippen LogP contribution in [0.1, 0.15) is 18.2 Å². The van der Waals surface area contributed by atoms with Crippen molar-refractivity contribution in [3.63, 3.8) is 0 Å². The van der Waals surface area contributed by atoms with Crippen molar-refractivity contribution in [1.82, 2.24) is 4.90 Å². The van der Waals surface area contributed by atoms with Crippen molar-refractivity contribution in [3.8, 4) is 0 Å². The summed E-state index contributed by atoms with van der Waals surface area (Å²) < 4.78 is 5.71. The molecule has 0 radical (unpaired) electrons. The molecule has 84 valence electrons. The van der Waals surface area contributed by atoms with Crippen LogP contribution in [0.25, 0.3) is 0 Å². The topological polar surface area (TPSA) is 29.5 Å². The largest absolute Gasteiger partial charge is 0.352 e. The first-order valence-corrected chi connectivity index (χ1v) is 6.32. The number of amides is 1. The summed E-state index contributed by atoms with van der Waals surface area (Å²) in [6, 6.07) is 10.1. The molecule has 3 rings (SSSR count). The van der Waals surface area contributed by atoms with E-state index in [9.17, 15) is 4.79 Å². The van der Waals surface area contributed by atoms with Crippen LogP contribution >= 0.6 is 15.9 Å². The molecule has 3 atom stereocenters. The summed E-state index contributed by atoms with van der Waals surface area (Å²) in [6.07, 6.45) is 0.656. The van der Waals surface area contributed by atoms with Crippen LogP contribution in [0.5, 0.6) is 0 Å². The van der Waals surface area contributed by atoms with Gasteiger partial charge in [0.05, 0.1) is 17.5 Å². The average molecular weight is 282 g/mol. The van der Waals surface area contributed by atoms with Crippen LogP contribution in [0.15, 0.2) is 30.3 Å². The van der Waals surface area contributed by atoms with Gasteiger partial charge in [-0.05, 0) is 6.42 Å². The van der Waals surface area contributed by atoms with Crippen molar-refractivity contribution < 1.29 is 9.53 Å². The highest BCUT2D eigenvalue weighted by molar-refractivity contribution is 9.10. The number of ether oxygens (including phenoxy) is 1. The number of carbonyl (C=O) groups excluding carboxylic acids is 1. The molecule has 0 aromatic heterocycles. The summed E-state index contributed by atoms with van der Waals surface area (Å²) in [6.45, 7) is 0.646. The molecule has 0 bridgehead atoms. The first-order valence-electron chi connectivity index (χ1n) is 5.40. The standard InChI is InChI=1S/C12H12BrNO2/c13-10-6-9-7-16-12(14(9)11(10)15)8-4-2-1-3-5-8/h1-5,9-10,12H,6-7H2/t9-,10+,12+/m0/s1. The van der Waals surface area contributed by atoms with Crippen LogP contribution in [0.3, 0.4) is 0 Å². The third-order valence-electron chi connectivity index (χ3n) is 3.18. The Labute approximate surface area is 103 Å². The fraction of sp³-hybridized carbons (Fsp3) is 0.417. The third-order valence-corrected chi connectivity index (χ3v) is 3.94. The van der Waals surface area contributed by atoms with Crippen LogP contribution in [0.4, 0.5) is 0 Å². The molecule has 3 nitrogen and oxygen atoms in total. The van der Waals surface area contributed by atoms with Gasteiger partial charge >= 0.3 is 0 Å². The molecule has 0 aliphatic carbocycles. The van der Waals surface area contributed by atoms with Gasteiger partial charge in [0.1, 0.15) is 0 Å². The van der Waals surface area contributed by atoms with Crippen LogP contribution < -0.4 is 0 Å². The third kappa shape index (κ3) is 1.48. The number of alkyl halides is 1. The zero-order valence-corrected chi connectivity index (χ0v) is 10.3. The van der Waals surface area contributed by atoms with E-state index in [0.717, 1.165) is 12.0 Å². The average Bonchev–Trinajstić information content (AvgIpc) is 2.83. The second kappa shape index (κ2) is 3.86. The van der Waals surface area contributed by atoms with Crippen LogP contribution in [-0.4, -0.2) is 28.3 Å². The highest BCUT2D eigenvalue weighted by atomic mass is 79.9. The normalized spacial score (nSPS) is 33.2. The number of fused-ring (bicyclic) bond motifs is 1. The molecular formula is C12H12BrNO2. The maximum atomic E-state index is 12.0. The highest BCUT2D eigenvalue weighted by Crippen LogP contribution is 2.39. The molecule has 16 heavy (non-hydrogen) atoms. The molecule has 1 aromatic carbocycles. The number of halogens is 1. The molecule has 2 aliphatic heterocycles. The number of rotatable bonds is 1. The molecule has 0 unspecified atom stereocenters. The first-order chi connectivity index (χ1) is 7.77. The van der Waals surface area contributed by atoms with Gasteiger partial charge in [-0.1, -0.05) is 46.3 Å². The Balaban J connectivity index is 1.91. The predicted molar refractivity (Wildman–Crippen MR) is 63.1 cm³/mol. The maximum absolute atomic E-state index is 12.0. The van der Waals surface area contributed by atoms with Gasteiger partial charge in [0, 0.05) is 5.56 Å². The van der Waals surface area contributed by atoms with Crippen LogP contribution in [0.2, 0.25) is 0 Å². The lowest BCUT2D eigenvalue weighted by Crippen LogP contribution is -2.32. The van der Waals surface area contributed by atoms with E-state index < -0.39 is 0 Å². The van der Waals surface area contributed by atoms with Crippen LogP contribution in [-0.2, 0) is 9.53 Å². The van der Waals surface area contributed by atoms with Gasteiger partial charge in [-0.2, -0.15) is 0 Å². The monoisotopic (exact) mass is 281 g/mol. The molecule has 4 heteroatoms. The van der Waals surface area contributed by atoms with Gasteiger partial charge in [0.15, 0.2) is 6.23 Å². The summed E-state index contributed by atoms with van der Waals surface area (Å²) in [4.78, 5) is 13.8. The maximum Gasteiger partial charge on any atom is 0.239 e. The Morgan fingerprint density at radius 1 is 1.31 bits per heavy atom. The molecule has 0 saturated carbocycles. The second-order valence-electron chi connectivity index (χ2n) is 4.20. The predicted octanol–water partition coefficient (Wildman–Crippen LogP) is 2.08. The van der Waals surface area contributed by atoms with Crippen molar-refractivity contribution in [3.05, 3.63) is 35.9 Å². The number of carbonyl (C=O) groups is 1. The summed E-state index contributed by atoms with van der Waals surface area (Å²) in [7, 11) is 0. The fourth-order valence-corrected chi connectivity index (χ4v) is 3.08. The molecule has 2 heterocycles. The first kappa shape index (κ1) is 10.3. The molecule has 1 amide bonds. The minimum Gasteiger partial charge on any atom is -0.352 e. The van der Waals surface area contributed by atoms with E-state index in [4.69, 9.17) is 4.74 Å². The molecule has 2 aliphatic rings. The van der Waals surface area contributed by atoms with Crippen molar-refractivity contribution in [2.24, 2.45) is 0 Å². The lowest BCUT2D eigenvalue weighted by molar-refractivity contribution is -0.133. The fourth-order valence-electron chi connectivity index (χ4n) is 2.41. The quantitative estimate of drug-likeness (QED) is 0.738. The Bertz CT molecular complexity index is 409. The van der Waals surface area contributed by atoms with E-state index in [1.807, 2.05) is 35.2 Å². The zero-order valence-electron chi connectivity index (χ0n) is 8.67. The molecule has 2 fully saturated rings. The van der Waals surface area contributed by atoms with E-state index in [1.165, 1.54) is 0 Å². The minimum atomic E-state index is -0.193. The van der Waals surface area contributed by atoms with Gasteiger partial charge < -0.3 is 9.64 Å². The Morgan fingerprint density at radius 2 is 2.06 bits per heavy atom. The number of hydrogen-bond donors (Lipinski definition) is 0. The lowest BCUT2D eigenvalue weighted by Gasteiger charge is -2.22. The van der Waals surface area contributed by atoms with Crippen LogP contribution in [0, 0.1) is 0 Å². The summed E-state index contributed by atoms with van der Waals surface area (Å²) in [5, 5.41) is 0.